The summed E-state index contributed by atoms with van der Waals surface area (Å²) in [7, 11) is -3.33. The fraction of sp³-hybridized carbons (Fsp3) is 0.188. The molecular weight excluding hydrogens is 332 g/mol. The Morgan fingerprint density at radius 2 is 1.83 bits per heavy atom. The van der Waals surface area contributed by atoms with Crippen molar-refractivity contribution in [1.29, 1.82) is 0 Å². The summed E-state index contributed by atoms with van der Waals surface area (Å²) in [6.07, 6.45) is 2.24. The van der Waals surface area contributed by atoms with Crippen molar-refractivity contribution >= 4 is 21.7 Å². The first-order valence-electron chi connectivity index (χ1n) is 6.99. The molecule has 0 aliphatic rings. The van der Waals surface area contributed by atoms with E-state index in [9.17, 15) is 18.0 Å². The average molecular weight is 348 g/mol. The number of carbonyl (C=O) groups is 2. The molecule has 2 aromatic rings. The van der Waals surface area contributed by atoms with Gasteiger partial charge in [-0.1, -0.05) is 30.3 Å². The lowest BCUT2D eigenvalue weighted by Crippen LogP contribution is -2.33. The molecule has 0 bridgehead atoms. The van der Waals surface area contributed by atoms with Gasteiger partial charge < -0.3 is 10.4 Å². The zero-order valence-corrected chi connectivity index (χ0v) is 13.7. The van der Waals surface area contributed by atoms with Crippen LogP contribution in [-0.4, -0.2) is 42.4 Å². The second-order valence-electron chi connectivity index (χ2n) is 5.27. The Hall–Kier alpha value is -2.74. The Morgan fingerprint density at radius 1 is 1.17 bits per heavy atom. The SMILES string of the molecule is CS(=O)(=O)CC(NC(=O)c1ccc(C(=O)O)nc1)c1ccccc1. The fourth-order valence-corrected chi connectivity index (χ4v) is 2.99. The Kier molecular flexibility index (Phi) is 5.30. The maximum atomic E-state index is 12.3. The second-order valence-corrected chi connectivity index (χ2v) is 7.45. The van der Waals surface area contributed by atoms with Crippen LogP contribution in [0, 0.1) is 0 Å². The summed E-state index contributed by atoms with van der Waals surface area (Å²) in [5.74, 6) is -1.97. The molecule has 1 atom stereocenters. The third-order valence-corrected chi connectivity index (χ3v) is 4.16. The van der Waals surface area contributed by atoms with E-state index in [1.807, 2.05) is 0 Å². The lowest BCUT2D eigenvalue weighted by atomic mass is 10.1. The van der Waals surface area contributed by atoms with Crippen LogP contribution in [0.5, 0.6) is 0 Å². The van der Waals surface area contributed by atoms with Gasteiger partial charge in [-0.3, -0.25) is 4.79 Å². The van der Waals surface area contributed by atoms with Crippen molar-refractivity contribution in [3.8, 4) is 0 Å². The number of rotatable bonds is 6. The van der Waals surface area contributed by atoms with E-state index in [1.165, 1.54) is 12.1 Å². The molecule has 0 saturated carbocycles. The highest BCUT2D eigenvalue weighted by atomic mass is 32.2. The molecule has 126 valence electrons. The number of sulfone groups is 1. The Labute approximate surface area is 139 Å². The average Bonchev–Trinajstić information content (AvgIpc) is 2.54. The highest BCUT2D eigenvalue weighted by Gasteiger charge is 2.20. The van der Waals surface area contributed by atoms with E-state index in [4.69, 9.17) is 5.11 Å². The molecule has 1 aromatic carbocycles. The van der Waals surface area contributed by atoms with Crippen LogP contribution in [0.25, 0.3) is 0 Å². The first-order valence-corrected chi connectivity index (χ1v) is 9.05. The number of nitrogens with one attached hydrogen (secondary N) is 1. The van der Waals surface area contributed by atoms with Crippen LogP contribution in [0.3, 0.4) is 0 Å². The van der Waals surface area contributed by atoms with Crippen molar-refractivity contribution in [2.75, 3.05) is 12.0 Å². The molecule has 1 heterocycles. The Bertz CT molecular complexity index is 833. The summed E-state index contributed by atoms with van der Waals surface area (Å²) in [4.78, 5) is 26.7. The molecular formula is C16H16N2O5S. The van der Waals surface area contributed by atoms with E-state index in [2.05, 4.69) is 10.3 Å². The number of amides is 1. The van der Waals surface area contributed by atoms with Gasteiger partial charge in [-0.2, -0.15) is 0 Å². The van der Waals surface area contributed by atoms with Gasteiger partial charge in [-0.25, -0.2) is 18.2 Å². The van der Waals surface area contributed by atoms with Gasteiger partial charge in [0.2, 0.25) is 0 Å². The molecule has 8 heteroatoms. The topological polar surface area (TPSA) is 113 Å². The van der Waals surface area contributed by atoms with Crippen LogP contribution in [0.1, 0.15) is 32.5 Å². The maximum Gasteiger partial charge on any atom is 0.354 e. The Morgan fingerprint density at radius 3 is 2.33 bits per heavy atom. The molecule has 2 N–H and O–H groups in total. The van der Waals surface area contributed by atoms with Gasteiger partial charge in [-0.05, 0) is 17.7 Å². The van der Waals surface area contributed by atoms with Crippen LogP contribution < -0.4 is 5.32 Å². The highest BCUT2D eigenvalue weighted by Crippen LogP contribution is 2.15. The van der Waals surface area contributed by atoms with Crippen molar-refractivity contribution in [2.24, 2.45) is 0 Å². The molecule has 24 heavy (non-hydrogen) atoms. The number of benzene rings is 1. The molecule has 1 unspecified atom stereocenters. The molecule has 2 rings (SSSR count). The molecule has 7 nitrogen and oxygen atoms in total. The van der Waals surface area contributed by atoms with E-state index in [0.29, 0.717) is 5.56 Å². The van der Waals surface area contributed by atoms with Gasteiger partial charge in [0.15, 0.2) is 0 Å². The van der Waals surface area contributed by atoms with E-state index in [0.717, 1.165) is 12.5 Å². The molecule has 0 spiro atoms. The van der Waals surface area contributed by atoms with Gasteiger partial charge in [0.1, 0.15) is 15.5 Å². The van der Waals surface area contributed by atoms with Crippen LogP contribution in [0.2, 0.25) is 0 Å². The number of aromatic carboxylic acids is 1. The number of carboxylic acids is 1. The lowest BCUT2D eigenvalue weighted by molar-refractivity contribution is 0.0689. The summed E-state index contributed by atoms with van der Waals surface area (Å²) in [6, 6.07) is 10.6. The zero-order chi connectivity index (χ0) is 17.7. The van der Waals surface area contributed by atoms with E-state index in [1.54, 1.807) is 30.3 Å². The third-order valence-electron chi connectivity index (χ3n) is 3.22. The van der Waals surface area contributed by atoms with Crippen molar-refractivity contribution in [2.45, 2.75) is 6.04 Å². The van der Waals surface area contributed by atoms with Crippen LogP contribution in [0.4, 0.5) is 0 Å². The molecule has 1 amide bonds. The molecule has 0 aliphatic carbocycles. The summed E-state index contributed by atoms with van der Waals surface area (Å²) >= 11 is 0. The highest BCUT2D eigenvalue weighted by molar-refractivity contribution is 7.90. The summed E-state index contributed by atoms with van der Waals surface area (Å²) in [6.45, 7) is 0. The lowest BCUT2D eigenvalue weighted by Gasteiger charge is -2.18. The van der Waals surface area contributed by atoms with Crippen LogP contribution >= 0.6 is 0 Å². The van der Waals surface area contributed by atoms with Gasteiger partial charge in [0.25, 0.3) is 5.91 Å². The number of pyridine rings is 1. The van der Waals surface area contributed by atoms with Crippen molar-refractivity contribution < 1.29 is 23.1 Å². The molecule has 1 aromatic heterocycles. The third kappa shape index (κ3) is 4.88. The van der Waals surface area contributed by atoms with Crippen molar-refractivity contribution in [3.05, 3.63) is 65.5 Å². The van der Waals surface area contributed by atoms with Crippen LogP contribution in [-0.2, 0) is 9.84 Å². The van der Waals surface area contributed by atoms with Gasteiger partial charge in [0.05, 0.1) is 17.4 Å². The van der Waals surface area contributed by atoms with Crippen LogP contribution in [0.15, 0.2) is 48.7 Å². The number of nitrogens with zero attached hydrogens (tertiary/aromatic N) is 1. The van der Waals surface area contributed by atoms with Crippen molar-refractivity contribution in [1.82, 2.24) is 10.3 Å². The van der Waals surface area contributed by atoms with E-state index < -0.39 is 27.8 Å². The largest absolute Gasteiger partial charge is 0.477 e. The summed E-state index contributed by atoms with van der Waals surface area (Å²) in [5, 5.41) is 11.5. The van der Waals surface area contributed by atoms with Gasteiger partial charge in [-0.15, -0.1) is 0 Å². The molecule has 0 aliphatic heterocycles. The van der Waals surface area contributed by atoms with Gasteiger partial charge >= 0.3 is 5.97 Å². The monoisotopic (exact) mass is 348 g/mol. The molecule has 0 radical (unpaired) electrons. The van der Waals surface area contributed by atoms with Gasteiger partial charge in [0, 0.05) is 12.5 Å². The minimum Gasteiger partial charge on any atom is -0.477 e. The molecule has 0 fully saturated rings. The summed E-state index contributed by atoms with van der Waals surface area (Å²) in [5.41, 5.74) is 0.628. The minimum atomic E-state index is -3.33. The first-order chi connectivity index (χ1) is 11.3. The van der Waals surface area contributed by atoms with E-state index in [-0.39, 0.29) is 17.0 Å². The number of aromatic nitrogens is 1. The fourth-order valence-electron chi connectivity index (χ4n) is 2.11. The number of carboxylic acid groups (broad SMARTS) is 1. The predicted octanol–water partition coefficient (Wildman–Crippen LogP) is 1.30. The second kappa shape index (κ2) is 7.22. The normalized spacial score (nSPS) is 12.4. The number of hydrogen-bond donors (Lipinski definition) is 2. The smallest absolute Gasteiger partial charge is 0.354 e. The quantitative estimate of drug-likeness (QED) is 0.813. The Balaban J connectivity index is 2.22. The number of carbonyl (C=O) groups excluding carboxylic acids is 1. The number of hydrogen-bond acceptors (Lipinski definition) is 5. The minimum absolute atomic E-state index is 0.148. The van der Waals surface area contributed by atoms with Crippen molar-refractivity contribution in [3.63, 3.8) is 0 Å². The predicted molar refractivity (Wildman–Crippen MR) is 87.6 cm³/mol. The standard InChI is InChI=1S/C16H16N2O5S/c1-24(22,23)10-14(11-5-3-2-4-6-11)18-15(19)12-7-8-13(16(20)21)17-9-12/h2-9,14H,10H2,1H3,(H,18,19)(H,20,21). The molecule has 0 saturated heterocycles. The maximum absolute atomic E-state index is 12.3. The zero-order valence-electron chi connectivity index (χ0n) is 12.8. The van der Waals surface area contributed by atoms with E-state index >= 15 is 0 Å². The summed E-state index contributed by atoms with van der Waals surface area (Å²) < 4.78 is 23.2. The first kappa shape index (κ1) is 17.6.